The molecule has 0 atom stereocenters. The van der Waals surface area contributed by atoms with Gasteiger partial charge in [-0.15, -0.1) is 0 Å². The standard InChI is InChI=1S/C13H22N4/c1-10-15-12(14-2)9-13(16-10)17(3)11-7-5-4-6-8-11/h9,11H,4-8H2,1-3H3,(H,14,15,16). The summed E-state index contributed by atoms with van der Waals surface area (Å²) in [5.74, 6) is 2.76. The summed E-state index contributed by atoms with van der Waals surface area (Å²) < 4.78 is 0. The number of nitrogens with zero attached hydrogens (tertiary/aromatic N) is 3. The molecule has 0 unspecified atom stereocenters. The van der Waals surface area contributed by atoms with Crippen molar-refractivity contribution >= 4 is 11.6 Å². The van der Waals surface area contributed by atoms with E-state index < -0.39 is 0 Å². The molecule has 1 aliphatic carbocycles. The molecular formula is C13H22N4. The first-order valence-corrected chi connectivity index (χ1v) is 6.47. The zero-order valence-corrected chi connectivity index (χ0v) is 11.0. The number of hydrogen-bond acceptors (Lipinski definition) is 4. The third-order valence-electron chi connectivity index (χ3n) is 3.56. The second-order valence-electron chi connectivity index (χ2n) is 4.81. The van der Waals surface area contributed by atoms with Crippen molar-refractivity contribution in [3.8, 4) is 0 Å². The number of aromatic nitrogens is 2. The largest absolute Gasteiger partial charge is 0.373 e. The lowest BCUT2D eigenvalue weighted by Crippen LogP contribution is -2.34. The second kappa shape index (κ2) is 5.34. The first-order chi connectivity index (χ1) is 8.20. The Morgan fingerprint density at radius 2 is 1.94 bits per heavy atom. The Hall–Kier alpha value is -1.32. The van der Waals surface area contributed by atoms with Gasteiger partial charge in [0, 0.05) is 26.2 Å². The van der Waals surface area contributed by atoms with E-state index >= 15 is 0 Å². The number of aryl methyl sites for hydroxylation is 1. The molecular weight excluding hydrogens is 212 g/mol. The van der Waals surface area contributed by atoms with Gasteiger partial charge in [-0.25, -0.2) is 9.97 Å². The van der Waals surface area contributed by atoms with Crippen LogP contribution in [0.3, 0.4) is 0 Å². The average molecular weight is 234 g/mol. The molecule has 0 radical (unpaired) electrons. The fourth-order valence-corrected chi connectivity index (χ4v) is 2.52. The van der Waals surface area contributed by atoms with Gasteiger partial charge in [0.25, 0.3) is 0 Å². The van der Waals surface area contributed by atoms with Crippen molar-refractivity contribution in [2.45, 2.75) is 45.1 Å². The molecule has 1 fully saturated rings. The van der Waals surface area contributed by atoms with Gasteiger partial charge in [0.05, 0.1) is 0 Å². The smallest absolute Gasteiger partial charge is 0.134 e. The lowest BCUT2D eigenvalue weighted by atomic mass is 9.94. The molecule has 1 aromatic heterocycles. The van der Waals surface area contributed by atoms with Gasteiger partial charge >= 0.3 is 0 Å². The highest BCUT2D eigenvalue weighted by Gasteiger charge is 2.19. The van der Waals surface area contributed by atoms with Crippen molar-refractivity contribution in [1.29, 1.82) is 0 Å². The molecule has 4 nitrogen and oxygen atoms in total. The Morgan fingerprint density at radius 1 is 1.24 bits per heavy atom. The summed E-state index contributed by atoms with van der Waals surface area (Å²) in [6.45, 7) is 1.94. The fraction of sp³-hybridized carbons (Fsp3) is 0.692. The van der Waals surface area contributed by atoms with Crippen LogP contribution in [0.4, 0.5) is 11.6 Å². The van der Waals surface area contributed by atoms with Gasteiger partial charge in [-0.1, -0.05) is 19.3 Å². The van der Waals surface area contributed by atoms with E-state index in [1.807, 2.05) is 20.0 Å². The zero-order chi connectivity index (χ0) is 12.3. The van der Waals surface area contributed by atoms with Gasteiger partial charge < -0.3 is 10.2 Å². The van der Waals surface area contributed by atoms with E-state index in [2.05, 4.69) is 27.2 Å². The maximum absolute atomic E-state index is 4.53. The number of rotatable bonds is 3. The summed E-state index contributed by atoms with van der Waals surface area (Å²) in [4.78, 5) is 11.2. The minimum atomic E-state index is 0.641. The van der Waals surface area contributed by atoms with E-state index in [1.54, 1.807) is 0 Å². The van der Waals surface area contributed by atoms with Crippen molar-refractivity contribution in [1.82, 2.24) is 9.97 Å². The van der Waals surface area contributed by atoms with Crippen molar-refractivity contribution in [3.63, 3.8) is 0 Å². The summed E-state index contributed by atoms with van der Waals surface area (Å²) in [6, 6.07) is 2.67. The minimum absolute atomic E-state index is 0.641. The third-order valence-corrected chi connectivity index (χ3v) is 3.56. The van der Waals surface area contributed by atoms with Crippen LogP contribution < -0.4 is 10.2 Å². The molecule has 0 bridgehead atoms. The minimum Gasteiger partial charge on any atom is -0.373 e. The Labute approximate surface area is 103 Å². The predicted molar refractivity (Wildman–Crippen MR) is 71.6 cm³/mol. The normalized spacial score (nSPS) is 16.9. The Bertz CT molecular complexity index is 372. The predicted octanol–water partition coefficient (Wildman–Crippen LogP) is 2.60. The van der Waals surface area contributed by atoms with Crippen molar-refractivity contribution in [3.05, 3.63) is 11.9 Å². The number of anilines is 2. The highest BCUT2D eigenvalue weighted by atomic mass is 15.2. The van der Waals surface area contributed by atoms with Gasteiger partial charge in [-0.05, 0) is 19.8 Å². The maximum atomic E-state index is 4.53. The first-order valence-electron chi connectivity index (χ1n) is 6.47. The summed E-state index contributed by atoms with van der Waals surface area (Å²) in [5.41, 5.74) is 0. The van der Waals surface area contributed by atoms with Crippen LogP contribution >= 0.6 is 0 Å². The molecule has 0 saturated heterocycles. The molecule has 4 heteroatoms. The van der Waals surface area contributed by atoms with E-state index in [1.165, 1.54) is 32.1 Å². The topological polar surface area (TPSA) is 41.0 Å². The van der Waals surface area contributed by atoms with Crippen LogP contribution in [-0.4, -0.2) is 30.1 Å². The fourth-order valence-electron chi connectivity index (χ4n) is 2.52. The van der Waals surface area contributed by atoms with Crippen molar-refractivity contribution in [2.75, 3.05) is 24.3 Å². The van der Waals surface area contributed by atoms with Gasteiger partial charge in [-0.3, -0.25) is 0 Å². The molecule has 17 heavy (non-hydrogen) atoms. The van der Waals surface area contributed by atoms with Gasteiger partial charge in [-0.2, -0.15) is 0 Å². The Kier molecular flexibility index (Phi) is 3.82. The molecule has 0 aliphatic heterocycles. The molecule has 0 amide bonds. The summed E-state index contributed by atoms with van der Waals surface area (Å²) in [5, 5.41) is 3.09. The van der Waals surface area contributed by atoms with Gasteiger partial charge in [0.2, 0.25) is 0 Å². The number of nitrogens with one attached hydrogen (secondary N) is 1. The summed E-state index contributed by atoms with van der Waals surface area (Å²) in [6.07, 6.45) is 6.65. The van der Waals surface area contributed by atoms with E-state index in [9.17, 15) is 0 Å². The molecule has 1 heterocycles. The van der Waals surface area contributed by atoms with Crippen molar-refractivity contribution < 1.29 is 0 Å². The molecule has 0 spiro atoms. The maximum Gasteiger partial charge on any atom is 0.134 e. The quantitative estimate of drug-likeness (QED) is 0.872. The van der Waals surface area contributed by atoms with Crippen LogP contribution in [-0.2, 0) is 0 Å². The van der Waals surface area contributed by atoms with E-state index in [0.717, 1.165) is 17.5 Å². The van der Waals surface area contributed by atoms with Crippen LogP contribution in [0, 0.1) is 6.92 Å². The zero-order valence-electron chi connectivity index (χ0n) is 11.0. The third kappa shape index (κ3) is 2.87. The molecule has 1 saturated carbocycles. The van der Waals surface area contributed by atoms with Gasteiger partial charge in [0.15, 0.2) is 0 Å². The van der Waals surface area contributed by atoms with Crippen LogP contribution in [0.5, 0.6) is 0 Å². The van der Waals surface area contributed by atoms with Crippen molar-refractivity contribution in [2.24, 2.45) is 0 Å². The second-order valence-corrected chi connectivity index (χ2v) is 4.81. The van der Waals surface area contributed by atoms with Gasteiger partial charge in [0.1, 0.15) is 17.5 Å². The van der Waals surface area contributed by atoms with Crippen LogP contribution in [0.2, 0.25) is 0 Å². The van der Waals surface area contributed by atoms with E-state index in [-0.39, 0.29) is 0 Å². The first kappa shape index (κ1) is 12.1. The SMILES string of the molecule is CNc1cc(N(C)C2CCCCC2)nc(C)n1. The molecule has 94 valence electrons. The summed E-state index contributed by atoms with van der Waals surface area (Å²) >= 11 is 0. The molecule has 0 aromatic carbocycles. The Morgan fingerprint density at radius 3 is 2.59 bits per heavy atom. The summed E-state index contributed by atoms with van der Waals surface area (Å²) in [7, 11) is 4.05. The van der Waals surface area contributed by atoms with Crippen LogP contribution in [0.15, 0.2) is 6.07 Å². The number of hydrogen-bond donors (Lipinski definition) is 1. The van der Waals surface area contributed by atoms with E-state index in [4.69, 9.17) is 0 Å². The van der Waals surface area contributed by atoms with Crippen LogP contribution in [0.25, 0.3) is 0 Å². The molecule has 1 aliphatic rings. The Balaban J connectivity index is 2.17. The highest BCUT2D eigenvalue weighted by Crippen LogP contribution is 2.25. The lowest BCUT2D eigenvalue weighted by molar-refractivity contribution is 0.426. The molecule has 1 N–H and O–H groups in total. The van der Waals surface area contributed by atoms with Crippen LogP contribution in [0.1, 0.15) is 37.9 Å². The molecule has 2 rings (SSSR count). The highest BCUT2D eigenvalue weighted by molar-refractivity contribution is 5.49. The van der Waals surface area contributed by atoms with E-state index in [0.29, 0.717) is 6.04 Å². The monoisotopic (exact) mass is 234 g/mol. The average Bonchev–Trinajstić information content (AvgIpc) is 2.38. The molecule has 1 aromatic rings. The lowest BCUT2D eigenvalue weighted by Gasteiger charge is -2.32.